The molecule has 0 unspecified atom stereocenters. The van der Waals surface area contributed by atoms with Gasteiger partial charge in [0.15, 0.2) is 0 Å². The molecule has 1 heterocycles. The lowest BCUT2D eigenvalue weighted by atomic mass is 9.78. The maximum atomic E-state index is 11.7. The zero-order valence-corrected chi connectivity index (χ0v) is 14.4. The van der Waals surface area contributed by atoms with Crippen molar-refractivity contribution in [3.8, 4) is 5.75 Å². The summed E-state index contributed by atoms with van der Waals surface area (Å²) in [4.78, 5) is 11.7. The molecule has 1 aromatic carbocycles. The fourth-order valence-electron chi connectivity index (χ4n) is 2.66. The first-order valence-corrected chi connectivity index (χ1v) is 7.76. The summed E-state index contributed by atoms with van der Waals surface area (Å²) in [6.07, 6.45) is 2.54. The predicted molar refractivity (Wildman–Crippen MR) is 89.1 cm³/mol. The highest BCUT2D eigenvalue weighted by Crippen LogP contribution is 2.40. The molecule has 0 aromatic heterocycles. The van der Waals surface area contributed by atoms with Crippen LogP contribution in [0.3, 0.4) is 0 Å². The van der Waals surface area contributed by atoms with Gasteiger partial charge in [-0.05, 0) is 34.6 Å². The third-order valence-electron chi connectivity index (χ3n) is 3.96. The van der Waals surface area contributed by atoms with E-state index in [1.807, 2.05) is 18.2 Å². The van der Waals surface area contributed by atoms with E-state index in [4.69, 9.17) is 4.74 Å². The van der Waals surface area contributed by atoms with Crippen LogP contribution in [-0.2, 0) is 20.4 Å². The number of phenolic OH excluding ortho intramolecular Hbond substituents is 1. The van der Waals surface area contributed by atoms with Crippen LogP contribution in [0.4, 0.5) is 0 Å². The molecule has 0 radical (unpaired) electrons. The van der Waals surface area contributed by atoms with Crippen LogP contribution in [-0.4, -0.2) is 17.7 Å². The van der Waals surface area contributed by atoms with Gasteiger partial charge in [-0.1, -0.05) is 41.5 Å². The van der Waals surface area contributed by atoms with Gasteiger partial charge < -0.3 is 9.84 Å². The number of hydrogen-bond acceptors (Lipinski definition) is 3. The molecule has 0 atom stereocenters. The summed E-state index contributed by atoms with van der Waals surface area (Å²) in [5.41, 5.74) is 3.10. The van der Waals surface area contributed by atoms with Gasteiger partial charge in [0.1, 0.15) is 5.75 Å². The Morgan fingerprint density at radius 3 is 1.91 bits per heavy atom. The first-order valence-electron chi connectivity index (χ1n) is 7.76. The Bertz CT molecular complexity index is 590. The molecule has 3 nitrogen and oxygen atoms in total. The average Bonchev–Trinajstić information content (AvgIpc) is 2.74. The lowest BCUT2D eigenvalue weighted by Gasteiger charge is -2.28. The van der Waals surface area contributed by atoms with Crippen LogP contribution in [0.15, 0.2) is 17.7 Å². The van der Waals surface area contributed by atoms with E-state index < -0.39 is 0 Å². The van der Waals surface area contributed by atoms with E-state index >= 15 is 0 Å². The van der Waals surface area contributed by atoms with E-state index in [1.54, 1.807) is 0 Å². The van der Waals surface area contributed by atoms with Gasteiger partial charge in [0.25, 0.3) is 0 Å². The van der Waals surface area contributed by atoms with E-state index in [-0.39, 0.29) is 16.8 Å². The van der Waals surface area contributed by atoms with Crippen molar-refractivity contribution in [3.05, 3.63) is 34.4 Å². The van der Waals surface area contributed by atoms with Gasteiger partial charge in [-0.25, -0.2) is 4.79 Å². The molecule has 0 saturated carbocycles. The zero-order valence-electron chi connectivity index (χ0n) is 14.4. The summed E-state index contributed by atoms with van der Waals surface area (Å²) >= 11 is 0. The molecule has 1 aliphatic heterocycles. The van der Waals surface area contributed by atoms with Gasteiger partial charge in [0.2, 0.25) is 0 Å². The number of phenols is 1. The quantitative estimate of drug-likeness (QED) is 0.621. The minimum atomic E-state index is -0.234. The zero-order chi connectivity index (χ0) is 16.7. The second-order valence-electron chi connectivity index (χ2n) is 8.02. The van der Waals surface area contributed by atoms with Gasteiger partial charge >= 0.3 is 5.97 Å². The van der Waals surface area contributed by atoms with Crippen molar-refractivity contribution in [3.63, 3.8) is 0 Å². The van der Waals surface area contributed by atoms with E-state index in [0.29, 0.717) is 24.4 Å². The van der Waals surface area contributed by atoms with Crippen LogP contribution in [0.25, 0.3) is 6.08 Å². The minimum absolute atomic E-state index is 0.172. The number of carbonyl (C=O) groups excluding carboxylic acids is 1. The largest absolute Gasteiger partial charge is 0.507 e. The summed E-state index contributed by atoms with van der Waals surface area (Å²) in [7, 11) is 0. The molecule has 1 N–H and O–H groups in total. The topological polar surface area (TPSA) is 46.5 Å². The molecule has 1 aromatic rings. The lowest BCUT2D eigenvalue weighted by Crippen LogP contribution is -2.17. The van der Waals surface area contributed by atoms with Crippen LogP contribution in [0.5, 0.6) is 5.75 Å². The van der Waals surface area contributed by atoms with E-state index in [9.17, 15) is 9.90 Å². The molecule has 1 fully saturated rings. The Morgan fingerprint density at radius 2 is 1.55 bits per heavy atom. The number of benzene rings is 1. The second kappa shape index (κ2) is 5.45. The van der Waals surface area contributed by atoms with Crippen molar-refractivity contribution in [1.29, 1.82) is 0 Å². The Balaban J connectivity index is 2.63. The number of carbonyl (C=O) groups is 1. The molecular weight excluding hydrogens is 276 g/mol. The maximum Gasteiger partial charge on any atom is 0.334 e. The summed E-state index contributed by atoms with van der Waals surface area (Å²) in [6.45, 7) is 12.9. The number of aromatic hydroxyl groups is 1. The molecule has 0 aliphatic carbocycles. The van der Waals surface area contributed by atoms with E-state index in [2.05, 4.69) is 41.5 Å². The molecule has 22 heavy (non-hydrogen) atoms. The second-order valence-corrected chi connectivity index (χ2v) is 8.02. The smallest absolute Gasteiger partial charge is 0.334 e. The monoisotopic (exact) mass is 302 g/mol. The normalized spacial score (nSPS) is 17.9. The number of hydrogen-bond donors (Lipinski definition) is 1. The fourth-order valence-corrected chi connectivity index (χ4v) is 2.66. The maximum absolute atomic E-state index is 11.7. The van der Waals surface area contributed by atoms with Gasteiger partial charge in [-0.15, -0.1) is 0 Å². The van der Waals surface area contributed by atoms with Crippen molar-refractivity contribution >= 4 is 12.0 Å². The highest BCUT2D eigenvalue weighted by atomic mass is 16.5. The Morgan fingerprint density at radius 1 is 1.05 bits per heavy atom. The van der Waals surface area contributed by atoms with Gasteiger partial charge in [0.05, 0.1) is 6.61 Å². The number of esters is 1. The average molecular weight is 302 g/mol. The van der Waals surface area contributed by atoms with Crippen LogP contribution in [0.2, 0.25) is 0 Å². The first-order chi connectivity index (χ1) is 10.00. The number of cyclic esters (lactones) is 1. The molecule has 0 bridgehead atoms. The van der Waals surface area contributed by atoms with Crippen molar-refractivity contribution in [2.75, 3.05) is 6.61 Å². The Labute approximate surface area is 133 Å². The highest BCUT2D eigenvalue weighted by molar-refractivity contribution is 5.95. The van der Waals surface area contributed by atoms with Crippen LogP contribution >= 0.6 is 0 Å². The lowest BCUT2D eigenvalue weighted by molar-refractivity contribution is -0.134. The Kier molecular flexibility index (Phi) is 4.12. The molecule has 0 spiro atoms. The number of rotatable bonds is 1. The minimum Gasteiger partial charge on any atom is -0.507 e. The first kappa shape index (κ1) is 16.6. The molecule has 1 aliphatic rings. The third kappa shape index (κ3) is 3.34. The van der Waals surface area contributed by atoms with Crippen molar-refractivity contribution < 1.29 is 14.6 Å². The third-order valence-corrected chi connectivity index (χ3v) is 3.96. The molecule has 0 amide bonds. The summed E-state index contributed by atoms with van der Waals surface area (Å²) in [5.74, 6) is 0.124. The van der Waals surface area contributed by atoms with Gasteiger partial charge in [-0.2, -0.15) is 0 Å². The molecule has 1 saturated heterocycles. The van der Waals surface area contributed by atoms with Crippen LogP contribution < -0.4 is 0 Å². The van der Waals surface area contributed by atoms with Crippen molar-refractivity contribution in [2.45, 2.75) is 58.8 Å². The van der Waals surface area contributed by atoms with E-state index in [1.165, 1.54) is 0 Å². The fraction of sp³-hybridized carbons (Fsp3) is 0.526. The summed E-state index contributed by atoms with van der Waals surface area (Å²) < 4.78 is 5.00. The van der Waals surface area contributed by atoms with E-state index in [0.717, 1.165) is 16.7 Å². The molecular formula is C19H26O3. The number of ether oxygens (including phenoxy) is 1. The Hall–Kier alpha value is -1.77. The standard InChI is InChI=1S/C19H26O3/c1-18(2,3)14-10-12(9-13-7-8-22-17(13)21)11-15(16(14)20)19(4,5)6/h9-11,20H,7-8H2,1-6H3/b13-9-. The SMILES string of the molecule is CC(C)(C)c1cc(/C=C2/CCOC2=O)cc(C(C)(C)C)c1O. The van der Waals surface area contributed by atoms with Gasteiger partial charge in [0, 0.05) is 23.1 Å². The van der Waals surface area contributed by atoms with Crippen LogP contribution in [0, 0.1) is 0 Å². The predicted octanol–water partition coefficient (Wildman–Crippen LogP) is 4.32. The summed E-state index contributed by atoms with van der Waals surface area (Å²) in [5, 5.41) is 10.7. The van der Waals surface area contributed by atoms with Crippen molar-refractivity contribution in [2.24, 2.45) is 0 Å². The molecule has 3 heteroatoms. The highest BCUT2D eigenvalue weighted by Gasteiger charge is 2.27. The van der Waals surface area contributed by atoms with Gasteiger partial charge in [-0.3, -0.25) is 0 Å². The van der Waals surface area contributed by atoms with Crippen LogP contribution in [0.1, 0.15) is 64.7 Å². The molecule has 2 rings (SSSR count). The van der Waals surface area contributed by atoms with Crippen molar-refractivity contribution in [1.82, 2.24) is 0 Å². The summed E-state index contributed by atoms with van der Waals surface area (Å²) in [6, 6.07) is 3.95. The molecule has 120 valence electrons.